The van der Waals surface area contributed by atoms with E-state index < -0.39 is 45.5 Å². The number of thiazole rings is 1. The molecule has 2 aromatic rings. The number of nitrogens with one attached hydrogen (secondary N) is 1. The third-order valence-corrected chi connectivity index (χ3v) is 11.2. The van der Waals surface area contributed by atoms with Crippen molar-refractivity contribution in [2.75, 3.05) is 29.5 Å². The van der Waals surface area contributed by atoms with E-state index in [1.807, 2.05) is 49.9 Å². The minimum Gasteiger partial charge on any atom is -0.369 e. The number of carbonyl (C=O) groups excluding carboxylic acids is 1. The predicted molar refractivity (Wildman–Crippen MR) is 148 cm³/mol. The van der Waals surface area contributed by atoms with Crippen LogP contribution < -0.4 is 10.2 Å². The lowest BCUT2D eigenvalue weighted by atomic mass is 9.75. The molecule has 2 atom stereocenters. The van der Waals surface area contributed by atoms with Gasteiger partial charge in [0.05, 0.1) is 34.2 Å². The summed E-state index contributed by atoms with van der Waals surface area (Å²) in [4.78, 5) is 21.3. The number of aromatic nitrogens is 1. The number of alkyl halides is 2. The van der Waals surface area contributed by atoms with Crippen molar-refractivity contribution in [3.8, 4) is 17.3 Å². The average Bonchev–Trinajstić information content (AvgIpc) is 3.49. The minimum absolute atomic E-state index is 0.0685. The van der Waals surface area contributed by atoms with E-state index >= 15 is 0 Å². The van der Waals surface area contributed by atoms with Gasteiger partial charge in [-0.3, -0.25) is 4.79 Å². The molecule has 1 aromatic carbocycles. The third kappa shape index (κ3) is 5.82. The van der Waals surface area contributed by atoms with Crippen LogP contribution in [0.1, 0.15) is 68.7 Å². The van der Waals surface area contributed by atoms with Gasteiger partial charge >= 0.3 is 0 Å². The molecule has 0 radical (unpaired) electrons. The standard InChI is InChI=1S/C28H34F2N4O3S2/c1-26(2,3)25-32-22(19-6-4-5-7-21(19)34-12-14-39(36,37)15-13-34)23(38-25)18-8-9-28(29,30)16-20(18)24(35)33-27(17-31)10-11-27/h4-7,18,20H,8-16H2,1-3H3,(H,33,35)/t18-,20-/m1/s1. The fourth-order valence-electron chi connectivity index (χ4n) is 5.44. The summed E-state index contributed by atoms with van der Waals surface area (Å²) in [5.41, 5.74) is 1.08. The van der Waals surface area contributed by atoms with Gasteiger partial charge in [0.25, 0.3) is 0 Å². The van der Waals surface area contributed by atoms with Crippen LogP contribution in [0.2, 0.25) is 0 Å². The molecule has 39 heavy (non-hydrogen) atoms. The average molecular weight is 577 g/mol. The van der Waals surface area contributed by atoms with Crippen LogP contribution in [0.3, 0.4) is 0 Å². The molecule has 1 N–H and O–H groups in total. The Morgan fingerprint density at radius 2 is 1.85 bits per heavy atom. The molecule has 1 saturated heterocycles. The lowest BCUT2D eigenvalue weighted by Gasteiger charge is -2.36. The number of halogens is 2. The van der Waals surface area contributed by atoms with E-state index in [1.54, 1.807) is 0 Å². The Hall–Kier alpha value is -2.58. The lowest BCUT2D eigenvalue weighted by molar-refractivity contribution is -0.134. The lowest BCUT2D eigenvalue weighted by Crippen LogP contribution is -2.45. The number of sulfone groups is 1. The monoisotopic (exact) mass is 576 g/mol. The van der Waals surface area contributed by atoms with Crippen molar-refractivity contribution in [3.05, 3.63) is 34.2 Å². The second-order valence-electron chi connectivity index (χ2n) is 12.1. The van der Waals surface area contributed by atoms with Crippen molar-refractivity contribution in [1.82, 2.24) is 10.3 Å². The van der Waals surface area contributed by atoms with Gasteiger partial charge in [-0.05, 0) is 25.3 Å². The molecule has 0 spiro atoms. The van der Waals surface area contributed by atoms with E-state index in [0.29, 0.717) is 31.6 Å². The van der Waals surface area contributed by atoms with Crippen LogP contribution in [-0.2, 0) is 20.0 Å². The molecule has 0 bridgehead atoms. The topological polar surface area (TPSA) is 103 Å². The van der Waals surface area contributed by atoms with E-state index in [0.717, 1.165) is 21.1 Å². The van der Waals surface area contributed by atoms with Crippen molar-refractivity contribution in [2.24, 2.45) is 5.92 Å². The molecule has 11 heteroatoms. The largest absolute Gasteiger partial charge is 0.369 e. The van der Waals surface area contributed by atoms with Gasteiger partial charge < -0.3 is 10.2 Å². The highest BCUT2D eigenvalue weighted by Crippen LogP contribution is 2.51. The molecule has 0 unspecified atom stereocenters. The Balaban J connectivity index is 1.58. The van der Waals surface area contributed by atoms with Crippen LogP contribution in [0.15, 0.2) is 24.3 Å². The van der Waals surface area contributed by atoms with Gasteiger partial charge in [-0.2, -0.15) is 5.26 Å². The van der Waals surface area contributed by atoms with E-state index in [4.69, 9.17) is 4.98 Å². The number of hydrogen-bond acceptors (Lipinski definition) is 7. The van der Waals surface area contributed by atoms with Gasteiger partial charge in [0.1, 0.15) is 5.54 Å². The normalized spacial score (nSPS) is 25.5. The first-order valence-corrected chi connectivity index (χ1v) is 16.0. The molecule has 210 valence electrons. The molecule has 2 aliphatic carbocycles. The molecule has 2 heterocycles. The highest BCUT2D eigenvalue weighted by molar-refractivity contribution is 7.91. The first kappa shape index (κ1) is 28.0. The summed E-state index contributed by atoms with van der Waals surface area (Å²) in [6, 6.07) is 9.79. The van der Waals surface area contributed by atoms with Crippen molar-refractivity contribution in [1.29, 1.82) is 5.26 Å². The summed E-state index contributed by atoms with van der Waals surface area (Å²) < 4.78 is 53.6. The van der Waals surface area contributed by atoms with Gasteiger partial charge in [-0.25, -0.2) is 22.2 Å². The third-order valence-electron chi connectivity index (χ3n) is 7.96. The second-order valence-corrected chi connectivity index (χ2v) is 15.5. The van der Waals surface area contributed by atoms with E-state index in [-0.39, 0.29) is 29.8 Å². The molecule has 1 aliphatic heterocycles. The van der Waals surface area contributed by atoms with Crippen molar-refractivity contribution in [3.63, 3.8) is 0 Å². The fraction of sp³-hybridized carbons (Fsp3) is 0.607. The number of nitriles is 1. The molecule has 3 aliphatic rings. The van der Waals surface area contributed by atoms with E-state index in [9.17, 15) is 27.3 Å². The highest BCUT2D eigenvalue weighted by atomic mass is 32.2. The molecule has 2 saturated carbocycles. The number of benzene rings is 1. The van der Waals surface area contributed by atoms with Crippen LogP contribution in [0, 0.1) is 17.2 Å². The molecule has 1 amide bonds. The van der Waals surface area contributed by atoms with Gasteiger partial charge in [0.15, 0.2) is 9.84 Å². The smallest absolute Gasteiger partial charge is 0.249 e. The zero-order valence-corrected chi connectivity index (χ0v) is 24.1. The molecule has 5 rings (SSSR count). The molecule has 7 nitrogen and oxygen atoms in total. The van der Waals surface area contributed by atoms with Crippen molar-refractivity contribution in [2.45, 2.75) is 75.7 Å². The van der Waals surface area contributed by atoms with Crippen LogP contribution >= 0.6 is 11.3 Å². The number of rotatable bonds is 5. The van der Waals surface area contributed by atoms with Crippen LogP contribution in [0.25, 0.3) is 11.3 Å². The van der Waals surface area contributed by atoms with Gasteiger partial charge in [-0.1, -0.05) is 39.0 Å². The second kappa shape index (κ2) is 9.81. The fourth-order valence-corrected chi connectivity index (χ4v) is 7.98. The summed E-state index contributed by atoms with van der Waals surface area (Å²) >= 11 is 1.47. The molecular weight excluding hydrogens is 542 g/mol. The number of carbonyl (C=O) groups is 1. The Kier molecular flexibility index (Phi) is 7.03. The first-order valence-electron chi connectivity index (χ1n) is 13.4. The van der Waals surface area contributed by atoms with E-state index in [1.165, 1.54) is 11.3 Å². The predicted octanol–water partition coefficient (Wildman–Crippen LogP) is 5.03. The number of nitrogens with zero attached hydrogens (tertiary/aromatic N) is 3. The van der Waals surface area contributed by atoms with E-state index in [2.05, 4.69) is 11.4 Å². The summed E-state index contributed by atoms with van der Waals surface area (Å²) in [7, 11) is -3.08. The van der Waals surface area contributed by atoms with Crippen molar-refractivity contribution >= 4 is 32.8 Å². The first-order chi connectivity index (χ1) is 18.2. The van der Waals surface area contributed by atoms with Crippen molar-refractivity contribution < 1.29 is 22.0 Å². The van der Waals surface area contributed by atoms with Crippen LogP contribution in [0.4, 0.5) is 14.5 Å². The summed E-state index contributed by atoms with van der Waals surface area (Å²) in [5.74, 6) is -4.78. The Bertz CT molecular complexity index is 1410. The maximum Gasteiger partial charge on any atom is 0.249 e. The van der Waals surface area contributed by atoms with Gasteiger partial charge in [0, 0.05) is 53.4 Å². The number of amides is 1. The van der Waals surface area contributed by atoms with Gasteiger partial charge in [-0.15, -0.1) is 11.3 Å². The highest BCUT2D eigenvalue weighted by Gasteiger charge is 2.51. The summed E-state index contributed by atoms with van der Waals surface area (Å²) in [6.07, 6.45) is 0.300. The van der Waals surface area contributed by atoms with Crippen LogP contribution in [0.5, 0.6) is 0 Å². The maximum absolute atomic E-state index is 14.7. The molecular formula is C28H34F2N4O3S2. The Morgan fingerprint density at radius 3 is 2.46 bits per heavy atom. The zero-order chi connectivity index (χ0) is 28.2. The number of hydrogen-bond donors (Lipinski definition) is 1. The van der Waals surface area contributed by atoms with Crippen LogP contribution in [-0.4, -0.2) is 55.4 Å². The quantitative estimate of drug-likeness (QED) is 0.535. The molecule has 1 aromatic heterocycles. The Labute approximate surface area is 232 Å². The molecule has 3 fully saturated rings. The maximum atomic E-state index is 14.7. The Morgan fingerprint density at radius 1 is 1.18 bits per heavy atom. The number of anilines is 1. The summed E-state index contributed by atoms with van der Waals surface area (Å²) in [5, 5.41) is 13.1. The zero-order valence-electron chi connectivity index (χ0n) is 22.5. The summed E-state index contributed by atoms with van der Waals surface area (Å²) in [6.45, 7) is 6.86. The SMILES string of the molecule is CC(C)(C)c1nc(-c2ccccc2N2CCS(=O)(=O)CC2)c([C@@H]2CCC(F)(F)C[C@H]2C(=O)NC2(C#N)CC2)s1. The van der Waals surface area contributed by atoms with Gasteiger partial charge in [0.2, 0.25) is 11.8 Å². The number of para-hydroxylation sites is 1. The minimum atomic E-state index is -3.08.